The van der Waals surface area contributed by atoms with Crippen molar-refractivity contribution in [1.29, 1.82) is 0 Å². The van der Waals surface area contributed by atoms with Gasteiger partial charge in [0.25, 0.3) is 0 Å². The topological polar surface area (TPSA) is 125 Å². The van der Waals surface area contributed by atoms with E-state index in [2.05, 4.69) is 40.5 Å². The summed E-state index contributed by atoms with van der Waals surface area (Å²) in [7, 11) is 0. The van der Waals surface area contributed by atoms with E-state index in [1.165, 1.54) is 12.7 Å². The van der Waals surface area contributed by atoms with E-state index in [0.717, 1.165) is 17.5 Å². The number of hydrogen-bond acceptors (Lipinski definition) is 8. The Hall–Kier alpha value is -3.75. The lowest BCUT2D eigenvalue weighted by Crippen LogP contribution is -2.07. The van der Waals surface area contributed by atoms with Gasteiger partial charge in [0.15, 0.2) is 11.5 Å². The molecule has 0 aliphatic heterocycles. The molecule has 26 heavy (non-hydrogen) atoms. The molecular weight excluding hydrogens is 332 g/mol. The van der Waals surface area contributed by atoms with E-state index in [0.29, 0.717) is 29.8 Å². The van der Waals surface area contributed by atoms with Crippen molar-refractivity contribution < 1.29 is 5.11 Å². The highest BCUT2D eigenvalue weighted by molar-refractivity contribution is 5.84. The van der Waals surface area contributed by atoms with Crippen molar-refractivity contribution in [2.45, 2.75) is 6.42 Å². The first kappa shape index (κ1) is 15.8. The van der Waals surface area contributed by atoms with E-state index < -0.39 is 0 Å². The molecule has 0 fully saturated rings. The van der Waals surface area contributed by atoms with E-state index in [4.69, 9.17) is 0 Å². The lowest BCUT2D eigenvalue weighted by Gasteiger charge is -2.06. The number of phenolic OH excluding ortho intramolecular Hbond substituents is 1. The van der Waals surface area contributed by atoms with Gasteiger partial charge in [-0.2, -0.15) is 4.98 Å². The second-order valence-electron chi connectivity index (χ2n) is 5.57. The van der Waals surface area contributed by atoms with Crippen LogP contribution in [0.25, 0.3) is 11.2 Å². The number of phenols is 1. The summed E-state index contributed by atoms with van der Waals surface area (Å²) >= 11 is 0. The third-order valence-corrected chi connectivity index (χ3v) is 3.76. The van der Waals surface area contributed by atoms with Crippen molar-refractivity contribution in [1.82, 2.24) is 29.9 Å². The summed E-state index contributed by atoms with van der Waals surface area (Å²) in [5, 5.41) is 15.7. The van der Waals surface area contributed by atoms with E-state index in [-0.39, 0.29) is 5.75 Å². The molecule has 9 heteroatoms. The zero-order valence-electron chi connectivity index (χ0n) is 13.7. The number of rotatable bonds is 6. The van der Waals surface area contributed by atoms with Crippen molar-refractivity contribution in [2.75, 3.05) is 17.2 Å². The lowest BCUT2D eigenvalue weighted by molar-refractivity contribution is 0.475. The number of nitrogens with one attached hydrogen (secondary N) is 3. The Morgan fingerprint density at radius 1 is 1.00 bits per heavy atom. The minimum atomic E-state index is 0.264. The van der Waals surface area contributed by atoms with Gasteiger partial charge in [0.2, 0.25) is 5.95 Å². The zero-order valence-corrected chi connectivity index (χ0v) is 13.7. The van der Waals surface area contributed by atoms with Gasteiger partial charge in [0, 0.05) is 12.7 Å². The van der Waals surface area contributed by atoms with E-state index in [1.807, 2.05) is 12.1 Å². The van der Waals surface area contributed by atoms with Crippen LogP contribution < -0.4 is 10.6 Å². The maximum atomic E-state index is 9.33. The molecule has 3 heterocycles. The maximum Gasteiger partial charge on any atom is 0.208 e. The zero-order chi connectivity index (χ0) is 17.8. The number of benzene rings is 1. The first-order valence-electron chi connectivity index (χ1n) is 8.03. The number of fused-ring (bicyclic) bond motifs is 1. The molecule has 4 rings (SSSR count). The highest BCUT2D eigenvalue weighted by Crippen LogP contribution is 2.20. The van der Waals surface area contributed by atoms with Crippen LogP contribution in [0.15, 0.2) is 49.2 Å². The maximum absolute atomic E-state index is 9.33. The average molecular weight is 348 g/mol. The number of imidazole rings is 1. The highest BCUT2D eigenvalue weighted by atomic mass is 16.3. The van der Waals surface area contributed by atoms with E-state index in [1.54, 1.807) is 24.4 Å². The fourth-order valence-corrected chi connectivity index (χ4v) is 2.50. The van der Waals surface area contributed by atoms with Gasteiger partial charge in [-0.1, -0.05) is 12.1 Å². The fraction of sp³-hybridized carbons (Fsp3) is 0.118. The second-order valence-corrected chi connectivity index (χ2v) is 5.57. The third kappa shape index (κ3) is 3.51. The molecule has 9 nitrogen and oxygen atoms in total. The van der Waals surface area contributed by atoms with Gasteiger partial charge in [-0.05, 0) is 30.2 Å². The predicted octanol–water partition coefficient (Wildman–Crippen LogP) is 2.25. The Morgan fingerprint density at radius 2 is 1.88 bits per heavy atom. The van der Waals surface area contributed by atoms with Crippen LogP contribution >= 0.6 is 0 Å². The number of aromatic nitrogens is 6. The predicted molar refractivity (Wildman–Crippen MR) is 97.3 cm³/mol. The van der Waals surface area contributed by atoms with Crippen LogP contribution in [-0.2, 0) is 6.42 Å². The van der Waals surface area contributed by atoms with Crippen molar-refractivity contribution in [2.24, 2.45) is 0 Å². The molecule has 0 radical (unpaired) electrons. The van der Waals surface area contributed by atoms with Crippen molar-refractivity contribution >= 4 is 28.7 Å². The highest BCUT2D eigenvalue weighted by Gasteiger charge is 2.10. The van der Waals surface area contributed by atoms with Crippen molar-refractivity contribution in [3.63, 3.8) is 0 Å². The summed E-state index contributed by atoms with van der Waals surface area (Å²) < 4.78 is 0. The van der Waals surface area contributed by atoms with Gasteiger partial charge < -0.3 is 20.7 Å². The van der Waals surface area contributed by atoms with E-state index in [9.17, 15) is 5.11 Å². The summed E-state index contributed by atoms with van der Waals surface area (Å²) in [5.41, 5.74) is 2.40. The van der Waals surface area contributed by atoms with Gasteiger partial charge in [-0.25, -0.2) is 19.9 Å². The Labute approximate surface area is 148 Å². The molecule has 0 unspecified atom stereocenters. The van der Waals surface area contributed by atoms with Gasteiger partial charge in [-0.3, -0.25) is 0 Å². The molecule has 0 aliphatic carbocycles. The number of anilines is 3. The summed E-state index contributed by atoms with van der Waals surface area (Å²) in [6, 6.07) is 8.89. The molecular formula is C17H16N8O. The standard InChI is InChI=1S/C17H16N8O/c26-12-3-1-11(2-4-12)5-8-19-15-14-16(22-10-21-15)25-17(24-14)23-13-6-7-18-9-20-13/h1-4,6-7,9-10,26H,5,8H2,(H3,18,19,20,21,22,23,24,25). The van der Waals surface area contributed by atoms with Crippen LogP contribution in [0.1, 0.15) is 5.56 Å². The number of aromatic amines is 1. The number of H-pyrrole nitrogens is 1. The normalized spacial score (nSPS) is 10.8. The molecule has 0 saturated carbocycles. The molecule has 4 N–H and O–H groups in total. The molecule has 0 spiro atoms. The summed E-state index contributed by atoms with van der Waals surface area (Å²) in [6.45, 7) is 0.685. The average Bonchev–Trinajstić information content (AvgIpc) is 3.07. The first-order valence-corrected chi connectivity index (χ1v) is 8.03. The molecule has 130 valence electrons. The van der Waals surface area contributed by atoms with Crippen LogP contribution in [0.4, 0.5) is 17.6 Å². The minimum absolute atomic E-state index is 0.264. The Balaban J connectivity index is 1.47. The van der Waals surface area contributed by atoms with Crippen molar-refractivity contribution in [3.8, 4) is 5.75 Å². The van der Waals surface area contributed by atoms with Gasteiger partial charge in [0.1, 0.15) is 29.7 Å². The second kappa shape index (κ2) is 7.01. The molecule has 0 amide bonds. The largest absolute Gasteiger partial charge is 0.508 e. The molecule has 0 bridgehead atoms. The Kier molecular flexibility index (Phi) is 4.25. The third-order valence-electron chi connectivity index (χ3n) is 3.76. The van der Waals surface area contributed by atoms with Crippen LogP contribution in [0.5, 0.6) is 5.75 Å². The monoisotopic (exact) mass is 348 g/mol. The summed E-state index contributed by atoms with van der Waals surface area (Å²) in [4.78, 5) is 24.0. The number of hydrogen-bond donors (Lipinski definition) is 4. The Morgan fingerprint density at radius 3 is 2.69 bits per heavy atom. The smallest absolute Gasteiger partial charge is 0.208 e. The minimum Gasteiger partial charge on any atom is -0.508 e. The van der Waals surface area contributed by atoms with Crippen LogP contribution in [0.2, 0.25) is 0 Å². The van der Waals surface area contributed by atoms with Gasteiger partial charge in [0.05, 0.1) is 0 Å². The molecule has 1 aromatic carbocycles. The summed E-state index contributed by atoms with van der Waals surface area (Å²) in [6.07, 6.45) is 5.38. The SMILES string of the molecule is Oc1ccc(CCNc2ncnc3nc(Nc4ccncn4)[nH]c23)cc1. The lowest BCUT2D eigenvalue weighted by atomic mass is 10.1. The molecule has 0 aliphatic rings. The quantitative estimate of drug-likeness (QED) is 0.418. The van der Waals surface area contributed by atoms with Crippen LogP contribution in [-0.4, -0.2) is 41.6 Å². The Bertz CT molecular complexity index is 1000. The van der Waals surface area contributed by atoms with Gasteiger partial charge >= 0.3 is 0 Å². The fourth-order valence-electron chi connectivity index (χ4n) is 2.50. The summed E-state index contributed by atoms with van der Waals surface area (Å²) in [5.74, 6) is 2.10. The van der Waals surface area contributed by atoms with Gasteiger partial charge in [-0.15, -0.1) is 0 Å². The molecule has 4 aromatic rings. The number of aromatic hydroxyl groups is 1. The van der Waals surface area contributed by atoms with Crippen LogP contribution in [0, 0.1) is 0 Å². The molecule has 3 aromatic heterocycles. The first-order chi connectivity index (χ1) is 12.8. The van der Waals surface area contributed by atoms with Crippen LogP contribution in [0.3, 0.4) is 0 Å². The number of nitrogens with zero attached hydrogens (tertiary/aromatic N) is 5. The van der Waals surface area contributed by atoms with E-state index >= 15 is 0 Å². The molecule has 0 atom stereocenters. The van der Waals surface area contributed by atoms with Crippen molar-refractivity contribution in [3.05, 3.63) is 54.7 Å². The molecule has 0 saturated heterocycles.